The summed E-state index contributed by atoms with van der Waals surface area (Å²) in [6.07, 6.45) is 0. The van der Waals surface area contributed by atoms with E-state index in [1.54, 1.807) is 32.9 Å². The second-order valence-electron chi connectivity index (χ2n) is 6.56. The maximum atomic E-state index is 12.0. The Morgan fingerprint density at radius 2 is 1.78 bits per heavy atom. The molecule has 1 rings (SSSR count). The Bertz CT molecular complexity index is 618. The van der Waals surface area contributed by atoms with E-state index in [0.717, 1.165) is 11.1 Å². The molecule has 0 saturated heterocycles. The van der Waals surface area contributed by atoms with E-state index in [4.69, 9.17) is 0 Å². The minimum atomic E-state index is -1.14. The zero-order valence-corrected chi connectivity index (χ0v) is 14.2. The van der Waals surface area contributed by atoms with Crippen molar-refractivity contribution in [3.8, 4) is 0 Å². The largest absolute Gasteiger partial charge is 0.479 e. The molecule has 0 aromatic heterocycles. The highest BCUT2D eigenvalue weighted by Crippen LogP contribution is 2.20. The third kappa shape index (κ3) is 5.09. The predicted octanol–water partition coefficient (Wildman–Crippen LogP) is 1.71. The lowest BCUT2D eigenvalue weighted by Crippen LogP contribution is -2.44. The van der Waals surface area contributed by atoms with E-state index in [0.29, 0.717) is 5.56 Å². The van der Waals surface area contributed by atoms with Gasteiger partial charge in [-0.1, -0.05) is 39.0 Å². The van der Waals surface area contributed by atoms with Gasteiger partial charge >= 0.3 is 5.97 Å². The number of nitrogens with one attached hydrogen (secondary N) is 2. The van der Waals surface area contributed by atoms with Gasteiger partial charge in [0.15, 0.2) is 6.04 Å². The molecule has 1 atom stereocenters. The number of carbonyl (C=O) groups excluding carboxylic acids is 2. The number of aryl methyl sites for hydroxylation is 1. The second kappa shape index (κ2) is 7.26. The van der Waals surface area contributed by atoms with E-state index in [-0.39, 0.29) is 12.5 Å². The Labute approximate surface area is 136 Å². The molecule has 1 aromatic rings. The molecule has 0 bridgehead atoms. The van der Waals surface area contributed by atoms with Crippen LogP contribution in [0.5, 0.6) is 0 Å². The van der Waals surface area contributed by atoms with E-state index in [9.17, 15) is 19.5 Å². The third-order valence-electron chi connectivity index (χ3n) is 3.60. The number of hydrogen-bond acceptors (Lipinski definition) is 3. The maximum Gasteiger partial charge on any atom is 0.330 e. The van der Waals surface area contributed by atoms with Crippen LogP contribution in [0.15, 0.2) is 18.2 Å². The lowest BCUT2D eigenvalue weighted by atomic mass is 9.96. The number of amides is 2. The van der Waals surface area contributed by atoms with Crippen LogP contribution >= 0.6 is 0 Å². The number of hydrogen-bond donors (Lipinski definition) is 3. The van der Waals surface area contributed by atoms with E-state index in [1.807, 2.05) is 19.9 Å². The molecule has 0 aliphatic carbocycles. The van der Waals surface area contributed by atoms with E-state index >= 15 is 0 Å². The Kier molecular flexibility index (Phi) is 5.90. The number of benzene rings is 1. The Hall–Kier alpha value is -2.37. The first-order valence-electron chi connectivity index (χ1n) is 7.40. The summed E-state index contributed by atoms with van der Waals surface area (Å²) in [5, 5.41) is 14.4. The van der Waals surface area contributed by atoms with E-state index in [2.05, 4.69) is 10.6 Å². The summed E-state index contributed by atoms with van der Waals surface area (Å²) in [5.74, 6) is -1.96. The van der Waals surface area contributed by atoms with Crippen LogP contribution in [-0.2, 0) is 14.4 Å². The lowest BCUT2D eigenvalue weighted by molar-refractivity contribution is -0.142. The van der Waals surface area contributed by atoms with Crippen molar-refractivity contribution < 1.29 is 19.5 Å². The van der Waals surface area contributed by atoms with Crippen LogP contribution in [0.3, 0.4) is 0 Å². The lowest BCUT2D eigenvalue weighted by Gasteiger charge is -2.20. The Morgan fingerprint density at radius 3 is 2.30 bits per heavy atom. The van der Waals surface area contributed by atoms with Crippen LogP contribution in [0.25, 0.3) is 0 Å². The first kappa shape index (κ1) is 18.7. The summed E-state index contributed by atoms with van der Waals surface area (Å²) in [5.41, 5.74) is 1.69. The molecule has 0 radical (unpaired) electrons. The summed E-state index contributed by atoms with van der Waals surface area (Å²) in [6, 6.07) is 4.16. The fraction of sp³-hybridized carbons (Fsp3) is 0.471. The van der Waals surface area contributed by atoms with Crippen LogP contribution in [0.4, 0.5) is 0 Å². The first-order chi connectivity index (χ1) is 10.5. The van der Waals surface area contributed by atoms with Gasteiger partial charge in [0.1, 0.15) is 0 Å². The standard InChI is InChI=1S/C17H24N2O4/c1-10-7-6-8-12(11(10)2)14(15(21)22)19-13(20)9-18-16(23)17(3,4)5/h6-8,14H,9H2,1-5H3,(H,18,23)(H,19,20)(H,21,22). The zero-order valence-electron chi connectivity index (χ0n) is 14.2. The van der Waals surface area contributed by atoms with Crippen LogP contribution in [0.2, 0.25) is 0 Å². The minimum absolute atomic E-state index is 0.259. The molecule has 0 fully saturated rings. The molecule has 23 heavy (non-hydrogen) atoms. The van der Waals surface area contributed by atoms with Crippen molar-refractivity contribution in [2.45, 2.75) is 40.7 Å². The number of aliphatic carboxylic acids is 1. The van der Waals surface area contributed by atoms with Gasteiger partial charge in [-0.2, -0.15) is 0 Å². The van der Waals surface area contributed by atoms with E-state index < -0.39 is 23.3 Å². The van der Waals surface area contributed by atoms with Crippen molar-refractivity contribution in [2.24, 2.45) is 5.41 Å². The Balaban J connectivity index is 2.81. The second-order valence-corrected chi connectivity index (χ2v) is 6.56. The molecule has 0 spiro atoms. The van der Waals surface area contributed by atoms with Crippen LogP contribution in [0.1, 0.15) is 43.5 Å². The summed E-state index contributed by atoms with van der Waals surface area (Å²) >= 11 is 0. The van der Waals surface area contributed by atoms with Gasteiger partial charge in [-0.25, -0.2) is 4.79 Å². The molecule has 0 aliphatic rings. The van der Waals surface area contributed by atoms with Crippen LogP contribution in [0, 0.1) is 19.3 Å². The van der Waals surface area contributed by atoms with Gasteiger partial charge in [0, 0.05) is 5.41 Å². The average molecular weight is 320 g/mol. The minimum Gasteiger partial charge on any atom is -0.479 e. The SMILES string of the molecule is Cc1cccc(C(NC(=O)CNC(=O)C(C)(C)C)C(=O)O)c1C. The van der Waals surface area contributed by atoms with Crippen LogP contribution < -0.4 is 10.6 Å². The Morgan fingerprint density at radius 1 is 1.17 bits per heavy atom. The molecule has 0 heterocycles. The fourth-order valence-electron chi connectivity index (χ4n) is 2.00. The normalized spacial score (nSPS) is 12.4. The van der Waals surface area contributed by atoms with Crippen molar-refractivity contribution in [3.05, 3.63) is 34.9 Å². The number of carbonyl (C=O) groups is 3. The number of carboxylic acid groups (broad SMARTS) is 1. The summed E-state index contributed by atoms with van der Waals surface area (Å²) in [6.45, 7) is 8.63. The highest BCUT2D eigenvalue weighted by molar-refractivity contribution is 5.89. The van der Waals surface area contributed by atoms with Gasteiger partial charge in [0.2, 0.25) is 11.8 Å². The molecule has 2 amide bonds. The summed E-state index contributed by atoms with van der Waals surface area (Å²) in [7, 11) is 0. The van der Waals surface area contributed by atoms with Gasteiger partial charge in [0.05, 0.1) is 6.54 Å². The number of carboxylic acids is 1. The quantitative estimate of drug-likeness (QED) is 0.769. The fourth-order valence-corrected chi connectivity index (χ4v) is 2.00. The van der Waals surface area contributed by atoms with E-state index in [1.165, 1.54) is 0 Å². The molecule has 1 unspecified atom stereocenters. The molecule has 126 valence electrons. The van der Waals surface area contributed by atoms with Gasteiger partial charge in [-0.15, -0.1) is 0 Å². The molecular weight excluding hydrogens is 296 g/mol. The van der Waals surface area contributed by atoms with Gasteiger partial charge in [-0.05, 0) is 30.5 Å². The maximum absolute atomic E-state index is 12.0. The number of rotatable bonds is 5. The van der Waals surface area contributed by atoms with Crippen molar-refractivity contribution in [1.29, 1.82) is 0 Å². The smallest absolute Gasteiger partial charge is 0.330 e. The van der Waals surface area contributed by atoms with Crippen molar-refractivity contribution in [1.82, 2.24) is 10.6 Å². The molecule has 6 nitrogen and oxygen atoms in total. The first-order valence-corrected chi connectivity index (χ1v) is 7.40. The van der Waals surface area contributed by atoms with Crippen molar-refractivity contribution in [2.75, 3.05) is 6.54 Å². The third-order valence-corrected chi connectivity index (χ3v) is 3.60. The molecule has 6 heteroatoms. The molecule has 0 saturated carbocycles. The average Bonchev–Trinajstić information content (AvgIpc) is 2.44. The summed E-state index contributed by atoms with van der Waals surface area (Å²) in [4.78, 5) is 35.2. The zero-order chi connectivity index (χ0) is 17.8. The predicted molar refractivity (Wildman–Crippen MR) is 86.9 cm³/mol. The van der Waals surface area contributed by atoms with Crippen LogP contribution in [-0.4, -0.2) is 29.4 Å². The highest BCUT2D eigenvalue weighted by atomic mass is 16.4. The summed E-state index contributed by atoms with van der Waals surface area (Å²) < 4.78 is 0. The highest BCUT2D eigenvalue weighted by Gasteiger charge is 2.25. The van der Waals surface area contributed by atoms with Gasteiger partial charge < -0.3 is 15.7 Å². The monoisotopic (exact) mass is 320 g/mol. The van der Waals surface area contributed by atoms with Gasteiger partial charge in [-0.3, -0.25) is 9.59 Å². The molecular formula is C17H24N2O4. The molecule has 1 aromatic carbocycles. The van der Waals surface area contributed by atoms with Crippen molar-refractivity contribution in [3.63, 3.8) is 0 Å². The van der Waals surface area contributed by atoms with Crippen molar-refractivity contribution >= 4 is 17.8 Å². The molecule has 0 aliphatic heterocycles. The topological polar surface area (TPSA) is 95.5 Å². The van der Waals surface area contributed by atoms with Gasteiger partial charge in [0.25, 0.3) is 0 Å². The molecule has 3 N–H and O–H groups in total.